The molecule has 32 heavy (non-hydrogen) atoms. The quantitative estimate of drug-likeness (QED) is 0.505. The first-order valence-corrected chi connectivity index (χ1v) is 10.5. The summed E-state index contributed by atoms with van der Waals surface area (Å²) in [7, 11) is 1.23. The lowest BCUT2D eigenvalue weighted by Gasteiger charge is -2.34. The van der Waals surface area contributed by atoms with Gasteiger partial charge in [-0.15, -0.1) is 17.8 Å². The van der Waals surface area contributed by atoms with E-state index in [2.05, 4.69) is 15.9 Å². The fourth-order valence-corrected chi connectivity index (χ4v) is 3.85. The number of allylic oxidation sites excluding steroid dienone is 1. The summed E-state index contributed by atoms with van der Waals surface area (Å²) in [6, 6.07) is 2.96. The first-order valence-electron chi connectivity index (χ1n) is 9.63. The van der Waals surface area contributed by atoms with Gasteiger partial charge >= 0.3 is 12.1 Å². The monoisotopic (exact) mass is 455 g/mol. The lowest BCUT2D eigenvalue weighted by Crippen LogP contribution is -2.43. The van der Waals surface area contributed by atoms with E-state index >= 15 is 0 Å². The predicted octanol–water partition coefficient (Wildman–Crippen LogP) is 4.45. The Morgan fingerprint density at radius 2 is 2.03 bits per heavy atom. The summed E-state index contributed by atoms with van der Waals surface area (Å²) in [5, 5.41) is 2.17. The Labute approximate surface area is 189 Å². The van der Waals surface area contributed by atoms with E-state index < -0.39 is 29.5 Å². The third-order valence-electron chi connectivity index (χ3n) is 4.53. The number of halogens is 1. The van der Waals surface area contributed by atoms with E-state index in [1.165, 1.54) is 41.5 Å². The smallest absolute Gasteiger partial charge is 0.420 e. The van der Waals surface area contributed by atoms with Gasteiger partial charge in [-0.3, -0.25) is 4.99 Å². The molecule has 2 aromatic rings. The Morgan fingerprint density at radius 3 is 2.59 bits per heavy atom. The maximum Gasteiger partial charge on any atom is 0.420 e. The SMILES string of the molecule is C#Cc1cc(F)ccc1[C@@H]1N=C(c2nccs2)N(C(=O)OC(C)(C)C)C(C)=C1C(=O)OC. The molecule has 0 saturated carbocycles. The normalized spacial score (nSPS) is 16.3. The van der Waals surface area contributed by atoms with Gasteiger partial charge in [0.05, 0.1) is 12.7 Å². The summed E-state index contributed by atoms with van der Waals surface area (Å²) >= 11 is 1.27. The van der Waals surface area contributed by atoms with E-state index in [1.54, 1.807) is 39.3 Å². The van der Waals surface area contributed by atoms with Crippen LogP contribution < -0.4 is 0 Å². The molecule has 166 valence electrons. The molecule has 2 heterocycles. The largest absolute Gasteiger partial charge is 0.466 e. The summed E-state index contributed by atoms with van der Waals surface area (Å²) in [5.74, 6) is 1.41. The molecule has 1 aromatic carbocycles. The summed E-state index contributed by atoms with van der Waals surface area (Å²) < 4.78 is 24.3. The third-order valence-corrected chi connectivity index (χ3v) is 5.30. The molecule has 0 N–H and O–H groups in total. The molecule has 7 nitrogen and oxygen atoms in total. The second-order valence-corrected chi connectivity index (χ2v) is 8.77. The standard InChI is InChI=1S/C23H22FN3O4S/c1-7-14-12-15(24)8-9-16(14)18-17(21(28)30-6)13(2)27(22(29)31-23(3,4)5)19(26-18)20-25-10-11-32-20/h1,8-12,18H,2-6H3/t18-/m0/s1. The number of amidine groups is 1. The molecule has 3 rings (SSSR count). The highest BCUT2D eigenvalue weighted by molar-refractivity contribution is 7.11. The Balaban J connectivity index is 2.27. The molecule has 0 radical (unpaired) electrons. The second kappa shape index (κ2) is 8.93. The summed E-state index contributed by atoms with van der Waals surface area (Å²) in [6.07, 6.45) is 6.45. The van der Waals surface area contributed by atoms with Crippen molar-refractivity contribution in [1.29, 1.82) is 0 Å². The number of aliphatic imine (C=N–C) groups is 1. The number of aromatic nitrogens is 1. The van der Waals surface area contributed by atoms with Crippen LogP contribution in [-0.2, 0) is 14.3 Å². The van der Waals surface area contributed by atoms with Crippen LogP contribution in [-0.4, -0.2) is 40.5 Å². The van der Waals surface area contributed by atoms with Crippen molar-refractivity contribution in [3.63, 3.8) is 0 Å². The molecule has 1 atom stereocenters. The molecular formula is C23H22FN3O4S. The van der Waals surface area contributed by atoms with Crippen molar-refractivity contribution in [3.05, 3.63) is 63.0 Å². The van der Waals surface area contributed by atoms with Crippen molar-refractivity contribution in [2.75, 3.05) is 7.11 Å². The number of amides is 1. The van der Waals surface area contributed by atoms with Gasteiger partial charge in [-0.1, -0.05) is 12.0 Å². The molecule has 0 bridgehead atoms. The lowest BCUT2D eigenvalue weighted by atomic mass is 9.92. The van der Waals surface area contributed by atoms with Crippen LogP contribution in [0.1, 0.15) is 49.9 Å². The fourth-order valence-electron chi connectivity index (χ4n) is 3.22. The van der Waals surface area contributed by atoms with Gasteiger partial charge in [0, 0.05) is 22.8 Å². The molecule has 1 amide bonds. The Kier molecular flexibility index (Phi) is 6.46. The van der Waals surface area contributed by atoms with Crippen molar-refractivity contribution in [1.82, 2.24) is 9.88 Å². The minimum Gasteiger partial charge on any atom is -0.466 e. The minimum atomic E-state index is -0.938. The first kappa shape index (κ1) is 23.2. The number of ether oxygens (including phenoxy) is 2. The Bertz CT molecular complexity index is 1160. The number of esters is 1. The first-order chi connectivity index (χ1) is 15.1. The summed E-state index contributed by atoms with van der Waals surface area (Å²) in [5.41, 5.74) is 0.204. The number of benzene rings is 1. The number of nitrogens with zero attached hydrogens (tertiary/aromatic N) is 3. The zero-order valence-electron chi connectivity index (χ0n) is 18.3. The molecule has 0 aliphatic carbocycles. The van der Waals surface area contributed by atoms with Crippen LogP contribution in [0.25, 0.3) is 0 Å². The van der Waals surface area contributed by atoms with Crippen molar-refractivity contribution in [3.8, 4) is 12.3 Å². The fraction of sp³-hybridized carbons (Fsp3) is 0.304. The molecule has 1 aliphatic rings. The van der Waals surface area contributed by atoms with Crippen molar-refractivity contribution < 1.29 is 23.5 Å². The highest BCUT2D eigenvalue weighted by Gasteiger charge is 2.40. The zero-order chi connectivity index (χ0) is 23.6. The van der Waals surface area contributed by atoms with Crippen LogP contribution in [0.4, 0.5) is 9.18 Å². The van der Waals surface area contributed by atoms with E-state index in [0.717, 1.165) is 0 Å². The van der Waals surface area contributed by atoms with Crippen LogP contribution in [0.5, 0.6) is 0 Å². The third kappa shape index (κ3) is 4.55. The molecule has 0 saturated heterocycles. The molecule has 0 spiro atoms. The number of hydrogen-bond acceptors (Lipinski definition) is 7. The van der Waals surface area contributed by atoms with Gasteiger partial charge in [-0.2, -0.15) is 0 Å². The van der Waals surface area contributed by atoms with Crippen LogP contribution in [0.15, 0.2) is 46.0 Å². The number of terminal acetylenes is 1. The number of rotatable bonds is 3. The lowest BCUT2D eigenvalue weighted by molar-refractivity contribution is -0.136. The average molecular weight is 456 g/mol. The molecule has 9 heteroatoms. The van der Waals surface area contributed by atoms with Crippen LogP contribution in [0, 0.1) is 18.2 Å². The van der Waals surface area contributed by atoms with Gasteiger partial charge < -0.3 is 9.47 Å². The van der Waals surface area contributed by atoms with Crippen LogP contribution >= 0.6 is 11.3 Å². The van der Waals surface area contributed by atoms with E-state index in [0.29, 0.717) is 10.6 Å². The van der Waals surface area contributed by atoms with Gasteiger partial charge in [0.15, 0.2) is 10.8 Å². The van der Waals surface area contributed by atoms with Gasteiger partial charge in [-0.05, 0) is 45.4 Å². The molecule has 0 fully saturated rings. The van der Waals surface area contributed by atoms with Crippen molar-refractivity contribution in [2.45, 2.75) is 39.3 Å². The summed E-state index contributed by atoms with van der Waals surface area (Å²) in [4.78, 5) is 36.1. The number of thiazole rings is 1. The molecule has 1 aromatic heterocycles. The average Bonchev–Trinajstić information content (AvgIpc) is 3.25. The molecule has 0 unspecified atom stereocenters. The number of methoxy groups -OCH3 is 1. The molecule has 1 aliphatic heterocycles. The van der Waals surface area contributed by atoms with Crippen LogP contribution in [0.3, 0.4) is 0 Å². The minimum absolute atomic E-state index is 0.0850. The maximum absolute atomic E-state index is 13.8. The topological polar surface area (TPSA) is 81.1 Å². The number of carbonyl (C=O) groups is 2. The highest BCUT2D eigenvalue weighted by Crippen LogP contribution is 2.38. The molecular weight excluding hydrogens is 433 g/mol. The number of hydrogen-bond donors (Lipinski definition) is 0. The van der Waals surface area contributed by atoms with E-state index in [1.807, 2.05) is 0 Å². The highest BCUT2D eigenvalue weighted by atomic mass is 32.1. The van der Waals surface area contributed by atoms with Gasteiger partial charge in [0.2, 0.25) is 0 Å². The van der Waals surface area contributed by atoms with Gasteiger partial charge in [0.1, 0.15) is 17.5 Å². The van der Waals surface area contributed by atoms with Gasteiger partial charge in [-0.25, -0.2) is 23.9 Å². The van der Waals surface area contributed by atoms with Crippen molar-refractivity contribution >= 4 is 29.2 Å². The Hall–Kier alpha value is -3.51. The predicted molar refractivity (Wildman–Crippen MR) is 119 cm³/mol. The van der Waals surface area contributed by atoms with E-state index in [4.69, 9.17) is 15.9 Å². The zero-order valence-corrected chi connectivity index (χ0v) is 19.1. The second-order valence-electron chi connectivity index (χ2n) is 7.87. The maximum atomic E-state index is 13.8. The summed E-state index contributed by atoms with van der Waals surface area (Å²) in [6.45, 7) is 6.78. The van der Waals surface area contributed by atoms with Crippen molar-refractivity contribution in [2.24, 2.45) is 4.99 Å². The van der Waals surface area contributed by atoms with Crippen LogP contribution in [0.2, 0.25) is 0 Å². The number of carbonyl (C=O) groups excluding carboxylic acids is 2. The van der Waals surface area contributed by atoms with E-state index in [-0.39, 0.29) is 22.7 Å². The van der Waals surface area contributed by atoms with E-state index in [9.17, 15) is 14.0 Å². The Morgan fingerprint density at radius 1 is 1.31 bits per heavy atom. The van der Waals surface area contributed by atoms with Gasteiger partial charge in [0.25, 0.3) is 0 Å².